The lowest BCUT2D eigenvalue weighted by molar-refractivity contribution is -0.139. The number of nitrogens with zero attached hydrogens (tertiary/aromatic N) is 1. The van der Waals surface area contributed by atoms with E-state index in [-0.39, 0.29) is 12.5 Å². The van der Waals surface area contributed by atoms with Crippen LogP contribution in [0.5, 0.6) is 0 Å². The van der Waals surface area contributed by atoms with Crippen molar-refractivity contribution in [1.82, 2.24) is 9.03 Å². The minimum atomic E-state index is -3.74. The number of hydrogen-bond acceptors (Lipinski definition) is 4. The van der Waals surface area contributed by atoms with Gasteiger partial charge < -0.3 is 5.11 Å². The highest BCUT2D eigenvalue weighted by atomic mass is 32.2. The molecule has 0 bridgehead atoms. The smallest absolute Gasteiger partial charge is 0.321 e. The van der Waals surface area contributed by atoms with Crippen LogP contribution >= 0.6 is 11.8 Å². The Morgan fingerprint density at radius 2 is 2.00 bits per heavy atom. The van der Waals surface area contributed by atoms with Crippen molar-refractivity contribution < 1.29 is 18.3 Å². The van der Waals surface area contributed by atoms with Crippen molar-refractivity contribution in [2.45, 2.75) is 50.6 Å². The highest BCUT2D eigenvalue weighted by Gasteiger charge is 2.31. The van der Waals surface area contributed by atoms with E-state index in [0.29, 0.717) is 5.75 Å². The van der Waals surface area contributed by atoms with E-state index in [2.05, 4.69) is 4.72 Å². The van der Waals surface area contributed by atoms with Gasteiger partial charge in [0, 0.05) is 13.1 Å². The number of carboxylic acids is 1. The van der Waals surface area contributed by atoms with Gasteiger partial charge in [0.1, 0.15) is 6.04 Å². The lowest BCUT2D eigenvalue weighted by Crippen LogP contribution is -2.50. The molecule has 1 atom stereocenters. The van der Waals surface area contributed by atoms with Crippen LogP contribution in [0.2, 0.25) is 0 Å². The molecule has 0 saturated heterocycles. The second-order valence-corrected chi connectivity index (χ2v) is 7.85. The molecule has 1 fully saturated rings. The maximum absolute atomic E-state index is 12.3. The first kappa shape index (κ1) is 17.7. The largest absolute Gasteiger partial charge is 0.480 e. The van der Waals surface area contributed by atoms with Gasteiger partial charge in [-0.25, -0.2) is 0 Å². The van der Waals surface area contributed by atoms with Crippen molar-refractivity contribution >= 4 is 27.9 Å². The number of carbonyl (C=O) groups is 1. The van der Waals surface area contributed by atoms with E-state index in [1.807, 2.05) is 6.26 Å². The highest BCUT2D eigenvalue weighted by molar-refractivity contribution is 7.98. The zero-order valence-corrected chi connectivity index (χ0v) is 13.7. The molecule has 1 rings (SSSR count). The molecular weight excluding hydrogens is 300 g/mol. The predicted octanol–water partition coefficient (Wildman–Crippen LogP) is 1.29. The molecule has 118 valence electrons. The molecule has 1 aliphatic carbocycles. The number of rotatable bonds is 8. The summed E-state index contributed by atoms with van der Waals surface area (Å²) >= 11 is 1.50. The Hall–Kier alpha value is -0.310. The summed E-state index contributed by atoms with van der Waals surface area (Å²) in [7, 11) is -2.21. The first-order chi connectivity index (χ1) is 9.38. The lowest BCUT2D eigenvalue weighted by atomic mass is 9.96. The summed E-state index contributed by atoms with van der Waals surface area (Å²) in [6.07, 6.45) is 7.04. The van der Waals surface area contributed by atoms with E-state index in [0.717, 1.165) is 32.1 Å². The lowest BCUT2D eigenvalue weighted by Gasteiger charge is -2.31. The predicted molar refractivity (Wildman–Crippen MR) is 81.1 cm³/mol. The van der Waals surface area contributed by atoms with Crippen molar-refractivity contribution in [2.24, 2.45) is 0 Å². The Morgan fingerprint density at radius 1 is 1.40 bits per heavy atom. The molecule has 0 aromatic carbocycles. The Kier molecular flexibility index (Phi) is 7.28. The van der Waals surface area contributed by atoms with Gasteiger partial charge in [0.05, 0.1) is 0 Å². The van der Waals surface area contributed by atoms with Crippen LogP contribution in [-0.2, 0) is 15.0 Å². The van der Waals surface area contributed by atoms with Gasteiger partial charge in [-0.15, -0.1) is 0 Å². The van der Waals surface area contributed by atoms with Gasteiger partial charge in [0.25, 0.3) is 10.2 Å². The van der Waals surface area contributed by atoms with Gasteiger partial charge in [0.15, 0.2) is 0 Å². The summed E-state index contributed by atoms with van der Waals surface area (Å²) < 4.78 is 28.1. The van der Waals surface area contributed by atoms with E-state index < -0.39 is 22.2 Å². The van der Waals surface area contributed by atoms with Gasteiger partial charge >= 0.3 is 5.97 Å². The van der Waals surface area contributed by atoms with Crippen molar-refractivity contribution in [1.29, 1.82) is 0 Å². The summed E-state index contributed by atoms with van der Waals surface area (Å²) in [6.45, 7) is 0. The normalized spacial score (nSPS) is 19.1. The first-order valence-corrected chi connectivity index (χ1v) is 9.69. The Balaban J connectivity index is 2.67. The summed E-state index contributed by atoms with van der Waals surface area (Å²) in [5.74, 6) is -0.522. The molecule has 0 amide bonds. The van der Waals surface area contributed by atoms with Gasteiger partial charge in [-0.3, -0.25) is 4.79 Å². The summed E-state index contributed by atoms with van der Waals surface area (Å²) in [4.78, 5) is 11.1. The average Bonchev–Trinajstić information content (AvgIpc) is 2.43. The van der Waals surface area contributed by atoms with Gasteiger partial charge in [-0.2, -0.15) is 29.2 Å². The van der Waals surface area contributed by atoms with Gasteiger partial charge in [-0.05, 0) is 31.3 Å². The van der Waals surface area contributed by atoms with Crippen LogP contribution in [0.25, 0.3) is 0 Å². The molecule has 1 saturated carbocycles. The second-order valence-electron chi connectivity index (χ2n) is 5.10. The quantitative estimate of drug-likeness (QED) is 0.702. The fourth-order valence-electron chi connectivity index (χ4n) is 2.37. The molecule has 0 aliphatic heterocycles. The summed E-state index contributed by atoms with van der Waals surface area (Å²) in [5.41, 5.74) is 0. The Bertz CT molecular complexity index is 408. The maximum atomic E-state index is 12.3. The van der Waals surface area contributed by atoms with E-state index >= 15 is 0 Å². The fraction of sp³-hybridized carbons (Fsp3) is 0.917. The molecule has 0 aromatic heterocycles. The summed E-state index contributed by atoms with van der Waals surface area (Å²) in [5, 5.41) is 9.10. The van der Waals surface area contributed by atoms with Crippen molar-refractivity contribution in [3.63, 3.8) is 0 Å². The van der Waals surface area contributed by atoms with E-state index in [1.54, 1.807) is 0 Å². The van der Waals surface area contributed by atoms with Crippen LogP contribution in [0.1, 0.15) is 38.5 Å². The van der Waals surface area contributed by atoms with Crippen LogP contribution < -0.4 is 4.72 Å². The number of nitrogens with one attached hydrogen (secondary N) is 1. The Labute approximate surface area is 125 Å². The molecule has 6 nitrogen and oxygen atoms in total. The van der Waals surface area contributed by atoms with E-state index in [1.165, 1.54) is 23.1 Å². The first-order valence-electron chi connectivity index (χ1n) is 6.85. The maximum Gasteiger partial charge on any atom is 0.321 e. The molecule has 0 spiro atoms. The third-order valence-electron chi connectivity index (χ3n) is 3.67. The van der Waals surface area contributed by atoms with Gasteiger partial charge in [-0.1, -0.05) is 19.3 Å². The Morgan fingerprint density at radius 3 is 2.50 bits per heavy atom. The molecule has 8 heteroatoms. The average molecular weight is 324 g/mol. The molecule has 2 N–H and O–H groups in total. The molecule has 0 aromatic rings. The SMILES string of the molecule is CSCCC(NS(=O)(=O)N(C)C1CCCCC1)C(=O)O. The number of thioether (sulfide) groups is 1. The van der Waals surface area contributed by atoms with Crippen molar-refractivity contribution in [3.8, 4) is 0 Å². The van der Waals surface area contributed by atoms with Crippen LogP contribution in [0, 0.1) is 0 Å². The molecule has 1 aliphatic rings. The van der Waals surface area contributed by atoms with Crippen LogP contribution in [0.4, 0.5) is 0 Å². The number of carboxylic acid groups (broad SMARTS) is 1. The number of aliphatic carboxylic acids is 1. The minimum absolute atomic E-state index is 0.0174. The zero-order valence-electron chi connectivity index (χ0n) is 12.0. The highest BCUT2D eigenvalue weighted by Crippen LogP contribution is 2.23. The van der Waals surface area contributed by atoms with Crippen molar-refractivity contribution in [2.75, 3.05) is 19.1 Å². The van der Waals surface area contributed by atoms with E-state index in [9.17, 15) is 13.2 Å². The second kappa shape index (κ2) is 8.21. The monoisotopic (exact) mass is 324 g/mol. The van der Waals surface area contributed by atoms with Crippen LogP contribution in [0.15, 0.2) is 0 Å². The van der Waals surface area contributed by atoms with Crippen LogP contribution in [-0.4, -0.2) is 54.9 Å². The molecule has 0 radical (unpaired) electrons. The molecule has 1 unspecified atom stereocenters. The topological polar surface area (TPSA) is 86.7 Å². The molecular formula is C12H24N2O4S2. The van der Waals surface area contributed by atoms with E-state index in [4.69, 9.17) is 5.11 Å². The molecule has 20 heavy (non-hydrogen) atoms. The third kappa shape index (κ3) is 5.23. The van der Waals surface area contributed by atoms with Crippen LogP contribution in [0.3, 0.4) is 0 Å². The third-order valence-corrected chi connectivity index (χ3v) is 5.95. The fourth-order valence-corrected chi connectivity index (χ4v) is 4.19. The molecule has 0 heterocycles. The zero-order chi connectivity index (χ0) is 15.2. The summed E-state index contributed by atoms with van der Waals surface area (Å²) in [6, 6.07) is -1.07. The number of hydrogen-bond donors (Lipinski definition) is 2. The van der Waals surface area contributed by atoms with Gasteiger partial charge in [0.2, 0.25) is 0 Å². The van der Waals surface area contributed by atoms with Crippen molar-refractivity contribution in [3.05, 3.63) is 0 Å². The minimum Gasteiger partial charge on any atom is -0.480 e. The standard InChI is InChI=1S/C12H24N2O4S2/c1-14(10-6-4-3-5-7-10)20(17,18)13-11(12(15)16)8-9-19-2/h10-11,13H,3-9H2,1-2H3,(H,15,16).